The number of hydrogen-bond donors (Lipinski definition) is 1. The molecule has 1 saturated heterocycles. The molecule has 0 radical (unpaired) electrons. The number of amides is 3. The summed E-state index contributed by atoms with van der Waals surface area (Å²) in [6, 6.07) is 19.3. The van der Waals surface area contributed by atoms with Crippen molar-refractivity contribution < 1.29 is 14.3 Å². The number of benzene rings is 3. The summed E-state index contributed by atoms with van der Waals surface area (Å²) in [4.78, 5) is 36.9. The molecule has 2 aliphatic rings. The second kappa shape index (κ2) is 15.0. The number of rotatable bonds is 8. The fourth-order valence-electron chi connectivity index (χ4n) is 5.87. The van der Waals surface area contributed by atoms with Crippen LogP contribution in [0.5, 0.6) is 5.75 Å². The lowest BCUT2D eigenvalue weighted by atomic mass is 9.85. The molecule has 3 aromatic rings. The van der Waals surface area contributed by atoms with E-state index in [4.69, 9.17) is 50.3 Å². The van der Waals surface area contributed by atoms with Crippen LogP contribution < -0.4 is 10.5 Å². The minimum atomic E-state index is -0.892. The van der Waals surface area contributed by atoms with E-state index in [9.17, 15) is 14.9 Å². The van der Waals surface area contributed by atoms with Gasteiger partial charge in [-0.3, -0.25) is 19.6 Å². The minimum Gasteiger partial charge on any atom is -0.493 e. The molecule has 0 unspecified atom stereocenters. The maximum atomic E-state index is 14.7. The normalized spacial score (nSPS) is 18.3. The summed E-state index contributed by atoms with van der Waals surface area (Å²) >= 11 is 19.4. The average Bonchev–Trinajstić information content (AvgIpc) is 3.42. The van der Waals surface area contributed by atoms with Crippen molar-refractivity contribution in [2.45, 2.75) is 45.7 Å². The first-order chi connectivity index (χ1) is 21.9. The van der Waals surface area contributed by atoms with Crippen LogP contribution in [0.2, 0.25) is 15.1 Å². The lowest BCUT2D eigenvalue weighted by Gasteiger charge is -2.38. The lowest BCUT2D eigenvalue weighted by molar-refractivity contribution is -0.119. The Balaban J connectivity index is 0.00000500. The van der Waals surface area contributed by atoms with Crippen LogP contribution in [-0.4, -0.2) is 71.8 Å². The Morgan fingerprint density at radius 2 is 1.55 bits per heavy atom. The number of hydrogen-bond acceptors (Lipinski definition) is 6. The van der Waals surface area contributed by atoms with Crippen LogP contribution >= 0.6 is 34.8 Å². The maximum Gasteiger partial charge on any atom is 0.326 e. The van der Waals surface area contributed by atoms with E-state index in [1.54, 1.807) is 60.0 Å². The number of nitrogens with two attached hydrogens (primary N) is 1. The van der Waals surface area contributed by atoms with Crippen molar-refractivity contribution in [1.29, 1.82) is 5.26 Å². The van der Waals surface area contributed by atoms with Crippen molar-refractivity contribution in [2.24, 2.45) is 10.7 Å². The molecule has 5 rings (SSSR count). The van der Waals surface area contributed by atoms with Crippen LogP contribution in [0, 0.1) is 11.3 Å². The van der Waals surface area contributed by atoms with Gasteiger partial charge in [-0.1, -0.05) is 66.5 Å². The number of nitriles is 1. The first-order valence-corrected chi connectivity index (χ1v) is 16.1. The Hall–Kier alpha value is -3.81. The average molecular weight is 698 g/mol. The molecule has 47 heavy (non-hydrogen) atoms. The zero-order chi connectivity index (χ0) is 33.2. The molecular formula is C35H39Cl3N6O3. The van der Waals surface area contributed by atoms with Crippen molar-refractivity contribution >= 4 is 52.6 Å². The zero-order valence-electron chi connectivity index (χ0n) is 25.8. The molecule has 2 atom stereocenters. The van der Waals surface area contributed by atoms with Gasteiger partial charge in [0, 0.05) is 41.2 Å². The first-order valence-electron chi connectivity index (χ1n) is 15.0. The summed E-state index contributed by atoms with van der Waals surface area (Å²) in [6.45, 7) is 7.69. The van der Waals surface area contributed by atoms with Gasteiger partial charge in [0.15, 0.2) is 0 Å². The van der Waals surface area contributed by atoms with Gasteiger partial charge < -0.3 is 15.4 Å². The number of piperazine rings is 1. The van der Waals surface area contributed by atoms with E-state index in [2.05, 4.69) is 6.07 Å². The van der Waals surface area contributed by atoms with Gasteiger partial charge in [-0.05, 0) is 73.9 Å². The van der Waals surface area contributed by atoms with Crippen molar-refractivity contribution in [3.63, 3.8) is 0 Å². The Labute approximate surface area is 291 Å². The van der Waals surface area contributed by atoms with Crippen LogP contribution in [0.4, 0.5) is 4.79 Å². The van der Waals surface area contributed by atoms with Crippen molar-refractivity contribution in [2.75, 3.05) is 39.3 Å². The Morgan fingerprint density at radius 1 is 0.979 bits per heavy atom. The molecule has 2 heterocycles. The summed E-state index contributed by atoms with van der Waals surface area (Å²) in [5, 5.41) is 11.4. The second-order valence-corrected chi connectivity index (χ2v) is 13.1. The molecular weight excluding hydrogens is 659 g/mol. The number of carbonyl (C=O) groups excluding carboxylic acids is 2. The third kappa shape index (κ3) is 7.68. The highest BCUT2D eigenvalue weighted by atomic mass is 35.5. The van der Waals surface area contributed by atoms with Gasteiger partial charge in [0.05, 0.1) is 36.2 Å². The molecule has 3 aromatic carbocycles. The zero-order valence-corrected chi connectivity index (χ0v) is 28.1. The van der Waals surface area contributed by atoms with Gasteiger partial charge in [0.25, 0.3) is 0 Å². The third-order valence-corrected chi connectivity index (χ3v) is 9.10. The van der Waals surface area contributed by atoms with E-state index < -0.39 is 23.4 Å². The number of nitrogens with zero attached hydrogens (tertiary/aromatic N) is 5. The molecule has 9 nitrogen and oxygen atoms in total. The summed E-state index contributed by atoms with van der Waals surface area (Å²) in [5.41, 5.74) is 7.35. The predicted molar refractivity (Wildman–Crippen MR) is 187 cm³/mol. The smallest absolute Gasteiger partial charge is 0.326 e. The Morgan fingerprint density at radius 3 is 2.09 bits per heavy atom. The van der Waals surface area contributed by atoms with Gasteiger partial charge in [0.1, 0.15) is 17.6 Å². The maximum absolute atomic E-state index is 14.7. The van der Waals surface area contributed by atoms with Gasteiger partial charge in [-0.15, -0.1) is 0 Å². The molecule has 1 fully saturated rings. The highest BCUT2D eigenvalue weighted by Crippen LogP contribution is 2.46. The van der Waals surface area contributed by atoms with Gasteiger partial charge in [-0.2, -0.15) is 5.26 Å². The van der Waals surface area contributed by atoms with E-state index >= 15 is 0 Å². The predicted octanol–water partition coefficient (Wildman–Crippen LogP) is 7.25. The monoisotopic (exact) mass is 696 g/mol. The molecule has 248 valence electrons. The SMILES string of the molecule is C.CCOc1cc(C(C)(C)C#N)c(Cl)cc1C1=N[C@@H](c2ccc(Cl)cc2)[C@@H](c2ccc(Cl)cc2)N1C(=O)N1CCN(CC(N)=O)CC1. The van der Waals surface area contributed by atoms with Crippen molar-refractivity contribution in [1.82, 2.24) is 14.7 Å². The number of amidine groups is 1. The van der Waals surface area contributed by atoms with Crippen molar-refractivity contribution in [3.05, 3.63) is 98.0 Å². The topological polar surface area (TPSA) is 115 Å². The molecule has 2 aliphatic heterocycles. The third-order valence-electron chi connectivity index (χ3n) is 8.28. The van der Waals surface area contributed by atoms with Gasteiger partial charge >= 0.3 is 6.03 Å². The minimum absolute atomic E-state index is 0. The molecule has 0 aliphatic carbocycles. The quantitative estimate of drug-likeness (QED) is 0.266. The molecule has 0 bridgehead atoms. The summed E-state index contributed by atoms with van der Waals surface area (Å²) < 4.78 is 6.14. The number of aliphatic imine (C=N–C) groups is 1. The fraction of sp³-hybridized carbons (Fsp3) is 0.371. The molecule has 12 heteroatoms. The van der Waals surface area contributed by atoms with E-state index in [1.165, 1.54) is 0 Å². The number of primary amides is 1. The highest BCUT2D eigenvalue weighted by Gasteiger charge is 2.45. The van der Waals surface area contributed by atoms with Crippen LogP contribution in [0.15, 0.2) is 65.7 Å². The second-order valence-electron chi connectivity index (χ2n) is 11.8. The van der Waals surface area contributed by atoms with Crippen LogP contribution in [-0.2, 0) is 10.2 Å². The van der Waals surface area contributed by atoms with E-state index in [0.29, 0.717) is 70.6 Å². The largest absolute Gasteiger partial charge is 0.493 e. The highest BCUT2D eigenvalue weighted by molar-refractivity contribution is 6.32. The van der Waals surface area contributed by atoms with Gasteiger partial charge in [-0.25, -0.2) is 4.79 Å². The molecule has 2 N–H and O–H groups in total. The number of halogens is 3. The number of ether oxygens (including phenoxy) is 1. The van der Waals surface area contributed by atoms with Gasteiger partial charge in [0.2, 0.25) is 5.91 Å². The standard InChI is InChI=1S/C34H35Cl3N6O3.CH4/c1-4-46-28-18-26(34(2,3)20-38)27(37)17-25(28)32-40-30(21-5-9-23(35)10-6-21)31(22-7-11-24(36)12-8-22)43(32)33(45)42-15-13-41(14-16-42)19-29(39)44;/h5-12,17-18,30-31H,4,13-16,19H2,1-3H3,(H2,39,44);1H4/t30-,31+;/m0./s1. The number of urea groups is 1. The molecule has 3 amide bonds. The fourth-order valence-corrected chi connectivity index (χ4v) is 6.52. The van der Waals surface area contributed by atoms with E-state index in [0.717, 1.165) is 11.1 Å². The Bertz CT molecular complexity index is 1680. The van der Waals surface area contributed by atoms with Crippen LogP contribution in [0.1, 0.15) is 62.5 Å². The number of carbonyl (C=O) groups is 2. The summed E-state index contributed by atoms with van der Waals surface area (Å²) in [5.74, 6) is 0.432. The van der Waals surface area contributed by atoms with Crippen LogP contribution in [0.25, 0.3) is 0 Å². The molecule has 0 aromatic heterocycles. The van der Waals surface area contributed by atoms with Crippen LogP contribution in [0.3, 0.4) is 0 Å². The van der Waals surface area contributed by atoms with Crippen molar-refractivity contribution in [3.8, 4) is 11.8 Å². The Kier molecular flexibility index (Phi) is 11.5. The molecule has 0 saturated carbocycles. The summed E-state index contributed by atoms with van der Waals surface area (Å²) in [6.07, 6.45) is 0. The van der Waals surface area contributed by atoms with E-state index in [-0.39, 0.29) is 20.0 Å². The first kappa shape index (κ1) is 36.0. The van der Waals surface area contributed by atoms with E-state index in [1.807, 2.05) is 36.1 Å². The summed E-state index contributed by atoms with van der Waals surface area (Å²) in [7, 11) is 0. The lowest BCUT2D eigenvalue weighted by Crippen LogP contribution is -2.55. The molecule has 0 spiro atoms.